The summed E-state index contributed by atoms with van der Waals surface area (Å²) in [5, 5.41) is 0. The number of piperazine rings is 1. The van der Waals surface area contributed by atoms with Crippen LogP contribution >= 0.6 is 0 Å². The maximum Gasteiger partial charge on any atom is 0.411 e. The van der Waals surface area contributed by atoms with Gasteiger partial charge in [0.05, 0.1) is 12.1 Å². The fourth-order valence-corrected chi connectivity index (χ4v) is 5.44. The van der Waals surface area contributed by atoms with Crippen molar-refractivity contribution in [3.8, 4) is 5.75 Å². The van der Waals surface area contributed by atoms with E-state index in [4.69, 9.17) is 4.74 Å². The molecule has 1 saturated heterocycles. The largest absolute Gasteiger partial charge is 0.444 e. The Morgan fingerprint density at radius 1 is 0.857 bits per heavy atom. The summed E-state index contributed by atoms with van der Waals surface area (Å²) in [4.78, 5) is 42.6. The Morgan fingerprint density at radius 3 is 1.86 bits per heavy atom. The quantitative estimate of drug-likeness (QED) is 0.144. The Kier molecular flexibility index (Phi) is 7.98. The predicted molar refractivity (Wildman–Crippen MR) is 131 cm³/mol. The molecular weight excluding hydrogens is 577 g/mol. The minimum atomic E-state index is -2.47. The van der Waals surface area contributed by atoms with E-state index in [0.29, 0.717) is 18.9 Å². The highest BCUT2D eigenvalue weighted by Crippen LogP contribution is 2.47. The number of esters is 1. The van der Waals surface area contributed by atoms with Crippen LogP contribution in [-0.4, -0.2) is 52.0 Å². The van der Waals surface area contributed by atoms with E-state index in [1.54, 1.807) is 20.8 Å². The number of nitrogens with zero attached hydrogens (tertiary/aromatic N) is 2. The van der Waals surface area contributed by atoms with Crippen LogP contribution < -0.4 is 4.74 Å². The van der Waals surface area contributed by atoms with Crippen LogP contribution in [0.3, 0.4) is 0 Å². The number of benzene rings is 2. The fraction of sp³-hybridized carbons (Fsp3) is 0.464. The van der Waals surface area contributed by atoms with Crippen molar-refractivity contribution >= 4 is 18.0 Å². The molecule has 2 amide bonds. The molecule has 1 atom stereocenters. The Morgan fingerprint density at radius 2 is 1.36 bits per heavy atom. The van der Waals surface area contributed by atoms with Crippen molar-refractivity contribution in [2.75, 3.05) is 13.1 Å². The van der Waals surface area contributed by atoms with Crippen LogP contribution in [0.25, 0.3) is 0 Å². The van der Waals surface area contributed by atoms with E-state index >= 15 is 0 Å². The summed E-state index contributed by atoms with van der Waals surface area (Å²) in [7, 11) is 0. The molecule has 4 rings (SSSR count). The van der Waals surface area contributed by atoms with Crippen molar-refractivity contribution in [1.29, 1.82) is 0 Å². The lowest BCUT2D eigenvalue weighted by Crippen LogP contribution is -2.73. The molecule has 0 aromatic heterocycles. The third-order valence-corrected chi connectivity index (χ3v) is 7.42. The average Bonchev–Trinajstić information content (AvgIpc) is 3.38. The Balaban J connectivity index is 1.80. The van der Waals surface area contributed by atoms with Crippen LogP contribution in [0.5, 0.6) is 5.75 Å². The number of hydrogen-bond donors (Lipinski definition) is 0. The van der Waals surface area contributed by atoms with Crippen molar-refractivity contribution in [2.24, 2.45) is 0 Å². The second-order valence-electron chi connectivity index (χ2n) is 11.5. The maximum atomic E-state index is 14.4. The number of rotatable bonds is 4. The van der Waals surface area contributed by atoms with Gasteiger partial charge in [-0.05, 0) is 58.2 Å². The first kappa shape index (κ1) is 31.1. The van der Waals surface area contributed by atoms with Gasteiger partial charge in [-0.3, -0.25) is 9.69 Å². The minimum absolute atomic E-state index is 0.127. The molecule has 0 radical (unpaired) electrons. The van der Waals surface area contributed by atoms with Gasteiger partial charge in [0.15, 0.2) is 0 Å². The number of ether oxygens (including phenoxy) is 2. The van der Waals surface area contributed by atoms with Crippen LogP contribution in [0, 0.1) is 40.7 Å². The van der Waals surface area contributed by atoms with Gasteiger partial charge in [0.25, 0.3) is 0 Å². The summed E-state index contributed by atoms with van der Waals surface area (Å²) in [6.07, 6.45) is 0.326. The molecule has 0 unspecified atom stereocenters. The molecule has 1 heterocycles. The van der Waals surface area contributed by atoms with Crippen LogP contribution in [0.15, 0.2) is 18.2 Å². The zero-order chi connectivity index (χ0) is 31.4. The molecule has 7 nitrogen and oxygen atoms in total. The second kappa shape index (κ2) is 10.8. The third-order valence-electron chi connectivity index (χ3n) is 7.42. The van der Waals surface area contributed by atoms with Crippen molar-refractivity contribution in [3.63, 3.8) is 0 Å². The number of hydrogen-bond acceptors (Lipinski definition) is 5. The van der Waals surface area contributed by atoms with E-state index in [1.165, 1.54) is 6.92 Å². The van der Waals surface area contributed by atoms with Crippen LogP contribution in [0.1, 0.15) is 58.9 Å². The first-order valence-electron chi connectivity index (χ1n) is 12.9. The molecule has 0 N–H and O–H groups in total. The van der Waals surface area contributed by atoms with Gasteiger partial charge >= 0.3 is 12.1 Å². The number of carbonyl (C=O) groups excluding carboxylic acids is 3. The molecule has 1 aliphatic carbocycles. The summed E-state index contributed by atoms with van der Waals surface area (Å²) in [6.45, 7) is 4.51. The highest BCUT2D eigenvalue weighted by molar-refractivity contribution is 5.94. The molecule has 2 fully saturated rings. The van der Waals surface area contributed by atoms with E-state index < -0.39 is 94.2 Å². The maximum absolute atomic E-state index is 14.4. The molecule has 1 aliphatic heterocycles. The molecular formula is C28H27F7N2O5. The summed E-state index contributed by atoms with van der Waals surface area (Å²) in [6, 6.07) is 2.31. The molecule has 2 aromatic carbocycles. The SMILES string of the molecule is CC(C)(C)OC(=O)N1C[C@@](C)(c2cc(F)cc(F)c2)N(CC(=O)Oc2c(F)c(F)c(F)c(F)c2F)C(=O)C12CCCC2. The topological polar surface area (TPSA) is 76.2 Å². The molecule has 228 valence electrons. The van der Waals surface area contributed by atoms with E-state index in [1.807, 2.05) is 0 Å². The number of amides is 2. The fourth-order valence-electron chi connectivity index (χ4n) is 5.44. The first-order chi connectivity index (χ1) is 19.4. The van der Waals surface area contributed by atoms with Gasteiger partial charge in [-0.2, -0.15) is 8.78 Å². The molecule has 2 aliphatic rings. The van der Waals surface area contributed by atoms with Gasteiger partial charge in [0.1, 0.15) is 29.3 Å². The van der Waals surface area contributed by atoms with E-state index in [-0.39, 0.29) is 18.4 Å². The van der Waals surface area contributed by atoms with Gasteiger partial charge in [0, 0.05) is 6.07 Å². The van der Waals surface area contributed by atoms with E-state index in [2.05, 4.69) is 4.74 Å². The molecule has 1 saturated carbocycles. The lowest BCUT2D eigenvalue weighted by Gasteiger charge is -2.56. The summed E-state index contributed by atoms with van der Waals surface area (Å²) < 4.78 is 108. The van der Waals surface area contributed by atoms with E-state index in [9.17, 15) is 45.1 Å². The standard InChI is InChI=1S/C28H27F7N2O5/c1-26(2,3)42-25(40)37-13-27(4,14-9-15(29)11-16(30)10-14)36(24(39)28(37)7-5-6-8-28)12-17(38)41-23-21(34)19(32)18(31)20(33)22(23)35/h9-11H,5-8,12-13H2,1-4H3/t27-/m0/s1. The van der Waals surface area contributed by atoms with Gasteiger partial charge in [-0.25, -0.2) is 31.5 Å². The normalized spacial score (nSPS) is 20.3. The molecule has 2 aromatic rings. The summed E-state index contributed by atoms with van der Waals surface area (Å²) >= 11 is 0. The lowest BCUT2D eigenvalue weighted by molar-refractivity contribution is -0.168. The van der Waals surface area contributed by atoms with Crippen LogP contribution in [0.2, 0.25) is 0 Å². The van der Waals surface area contributed by atoms with Gasteiger partial charge in [0.2, 0.25) is 40.7 Å². The van der Waals surface area contributed by atoms with Crippen molar-refractivity contribution in [1.82, 2.24) is 9.80 Å². The van der Waals surface area contributed by atoms with Crippen LogP contribution in [-0.2, 0) is 19.9 Å². The second-order valence-corrected chi connectivity index (χ2v) is 11.5. The van der Waals surface area contributed by atoms with Gasteiger partial charge < -0.3 is 14.4 Å². The Bertz CT molecular complexity index is 1410. The average molecular weight is 605 g/mol. The summed E-state index contributed by atoms with van der Waals surface area (Å²) in [5.74, 6) is -18.5. The van der Waals surface area contributed by atoms with Crippen molar-refractivity contribution in [2.45, 2.75) is 70.1 Å². The number of halogens is 7. The molecule has 0 bridgehead atoms. The van der Waals surface area contributed by atoms with E-state index in [0.717, 1.165) is 21.9 Å². The molecule has 1 spiro atoms. The summed E-state index contributed by atoms with van der Waals surface area (Å²) in [5.41, 5.74) is -4.60. The van der Waals surface area contributed by atoms with Crippen molar-refractivity contribution in [3.05, 3.63) is 64.5 Å². The van der Waals surface area contributed by atoms with Crippen molar-refractivity contribution < 1.29 is 54.6 Å². The minimum Gasteiger partial charge on any atom is -0.444 e. The highest BCUT2D eigenvalue weighted by atomic mass is 19.2. The zero-order valence-corrected chi connectivity index (χ0v) is 23.1. The first-order valence-corrected chi connectivity index (χ1v) is 12.9. The third kappa shape index (κ3) is 5.38. The monoisotopic (exact) mass is 604 g/mol. The van der Waals surface area contributed by atoms with Gasteiger partial charge in [-0.1, -0.05) is 12.8 Å². The molecule has 42 heavy (non-hydrogen) atoms. The van der Waals surface area contributed by atoms with Crippen LogP contribution in [0.4, 0.5) is 35.5 Å². The molecule has 14 heteroatoms. The predicted octanol–water partition coefficient (Wildman–Crippen LogP) is 5.87. The Labute approximate surface area is 236 Å². The smallest absolute Gasteiger partial charge is 0.411 e. The van der Waals surface area contributed by atoms with Gasteiger partial charge in [-0.15, -0.1) is 0 Å². The zero-order valence-electron chi connectivity index (χ0n) is 23.1. The lowest BCUT2D eigenvalue weighted by atomic mass is 9.79. The Hall–Kier alpha value is -3.84. The number of carbonyl (C=O) groups is 3. The highest BCUT2D eigenvalue weighted by Gasteiger charge is 2.60.